The molecule has 1 N–H and O–H groups in total. The molecule has 2 fully saturated rings. The summed E-state index contributed by atoms with van der Waals surface area (Å²) in [5.41, 5.74) is 9.13. The molecule has 1 aliphatic carbocycles. The lowest BCUT2D eigenvalue weighted by atomic mass is 9.96. The third kappa shape index (κ3) is 5.47. The van der Waals surface area contributed by atoms with E-state index in [2.05, 4.69) is 63.4 Å². The number of carbonyl (C=O) groups excluding carboxylic acids is 1. The summed E-state index contributed by atoms with van der Waals surface area (Å²) in [6.07, 6.45) is 12.2. The van der Waals surface area contributed by atoms with Gasteiger partial charge < -0.3 is 4.98 Å². The number of benzene rings is 3. The van der Waals surface area contributed by atoms with Gasteiger partial charge in [-0.25, -0.2) is 4.98 Å². The largest absolute Gasteiger partial charge is 0.342 e. The van der Waals surface area contributed by atoms with Crippen molar-refractivity contribution in [1.82, 2.24) is 14.9 Å². The molecule has 206 valence electrons. The Balaban J connectivity index is 0.975. The average Bonchev–Trinajstić information content (AvgIpc) is 3.85. The molecule has 0 bridgehead atoms. The fourth-order valence-corrected chi connectivity index (χ4v) is 6.73. The SMILES string of the molecule is O=C(CN1CCC[C@H]1C1=NC=C(c2ccc(-c3ccc(-c4cnc(C5CCCC5)[nH]4)cc3)cc2)C1)c1ccccc1. The summed E-state index contributed by atoms with van der Waals surface area (Å²) in [6, 6.07) is 27.5. The molecule has 0 unspecified atom stereocenters. The number of H-pyrrole nitrogens is 1. The minimum atomic E-state index is 0.186. The average molecular weight is 541 g/mol. The number of nitrogens with zero attached hydrogens (tertiary/aromatic N) is 3. The summed E-state index contributed by atoms with van der Waals surface area (Å²) >= 11 is 0. The van der Waals surface area contributed by atoms with Crippen LogP contribution in [0.3, 0.4) is 0 Å². The normalized spacial score (nSPS) is 19.5. The van der Waals surface area contributed by atoms with Crippen LogP contribution in [-0.2, 0) is 0 Å². The Morgan fingerprint density at radius 2 is 1.49 bits per heavy atom. The maximum Gasteiger partial charge on any atom is 0.176 e. The third-order valence-electron chi connectivity index (χ3n) is 9.07. The van der Waals surface area contributed by atoms with Crippen molar-refractivity contribution in [3.8, 4) is 22.4 Å². The van der Waals surface area contributed by atoms with E-state index in [1.165, 1.54) is 59.2 Å². The lowest BCUT2D eigenvalue weighted by Crippen LogP contribution is -2.39. The van der Waals surface area contributed by atoms with Crippen LogP contribution < -0.4 is 0 Å². The summed E-state index contributed by atoms with van der Waals surface area (Å²) in [4.78, 5) is 28.2. The number of aromatic nitrogens is 2. The van der Waals surface area contributed by atoms with E-state index in [0.717, 1.165) is 42.9 Å². The first-order chi connectivity index (χ1) is 20.2. The highest BCUT2D eigenvalue weighted by Crippen LogP contribution is 2.34. The molecule has 41 heavy (non-hydrogen) atoms. The van der Waals surface area contributed by atoms with E-state index in [0.29, 0.717) is 12.5 Å². The fraction of sp³-hybridized carbons (Fsp3) is 0.306. The fourth-order valence-electron chi connectivity index (χ4n) is 6.73. The Bertz CT molecular complexity index is 1570. The van der Waals surface area contributed by atoms with E-state index in [1.807, 2.05) is 42.7 Å². The van der Waals surface area contributed by atoms with Crippen molar-refractivity contribution < 1.29 is 4.79 Å². The predicted molar refractivity (Wildman–Crippen MR) is 166 cm³/mol. The van der Waals surface area contributed by atoms with Crippen LogP contribution in [0.2, 0.25) is 0 Å². The van der Waals surface area contributed by atoms with E-state index in [-0.39, 0.29) is 11.8 Å². The maximum atomic E-state index is 12.8. The molecular weight excluding hydrogens is 504 g/mol. The molecule has 0 amide bonds. The lowest BCUT2D eigenvalue weighted by Gasteiger charge is -2.24. The minimum Gasteiger partial charge on any atom is -0.342 e. The molecule has 5 nitrogen and oxygen atoms in total. The Morgan fingerprint density at radius 3 is 2.22 bits per heavy atom. The van der Waals surface area contributed by atoms with Gasteiger partial charge in [0.1, 0.15) is 5.82 Å². The van der Waals surface area contributed by atoms with Crippen LogP contribution in [0.4, 0.5) is 0 Å². The van der Waals surface area contributed by atoms with Crippen LogP contribution in [-0.4, -0.2) is 45.5 Å². The summed E-state index contributed by atoms with van der Waals surface area (Å²) in [5.74, 6) is 1.93. The number of hydrogen-bond donors (Lipinski definition) is 1. The Labute approximate surface area is 242 Å². The van der Waals surface area contributed by atoms with E-state index < -0.39 is 0 Å². The number of hydrogen-bond acceptors (Lipinski definition) is 4. The number of imidazole rings is 1. The number of aliphatic imine (C=N–C) groups is 1. The van der Waals surface area contributed by atoms with Gasteiger partial charge in [-0.3, -0.25) is 14.7 Å². The molecule has 5 heteroatoms. The zero-order valence-corrected chi connectivity index (χ0v) is 23.4. The molecular formula is C36H36N4O. The molecule has 1 aromatic heterocycles. The van der Waals surface area contributed by atoms with Gasteiger partial charge in [0.2, 0.25) is 0 Å². The molecule has 1 saturated heterocycles. The number of rotatable bonds is 8. The van der Waals surface area contributed by atoms with Gasteiger partial charge in [-0.15, -0.1) is 0 Å². The third-order valence-corrected chi connectivity index (χ3v) is 9.07. The van der Waals surface area contributed by atoms with Gasteiger partial charge in [0.05, 0.1) is 18.4 Å². The van der Waals surface area contributed by atoms with E-state index in [1.54, 1.807) is 0 Å². The van der Waals surface area contributed by atoms with Crippen molar-refractivity contribution in [2.24, 2.45) is 4.99 Å². The van der Waals surface area contributed by atoms with Crippen LogP contribution in [0, 0.1) is 0 Å². The van der Waals surface area contributed by atoms with Crippen molar-refractivity contribution in [3.05, 3.63) is 108 Å². The highest BCUT2D eigenvalue weighted by molar-refractivity contribution is 6.03. The molecule has 3 aliphatic rings. The number of ketones is 1. The van der Waals surface area contributed by atoms with Gasteiger partial charge in [0.25, 0.3) is 0 Å². The topological polar surface area (TPSA) is 61.4 Å². The standard InChI is InChI=1S/C36H36N4O/c41-35(29-7-2-1-3-8-29)24-40-20-6-11-34(40)32-21-31(22-37-32)27-14-12-25(13-15-27)26-16-18-28(19-17-26)33-23-38-36(39-33)30-9-4-5-10-30/h1-3,7-8,12-19,22-23,30,34H,4-6,9-11,20-21,24H2,(H,38,39)/t34-/m0/s1. The maximum absolute atomic E-state index is 12.8. The zero-order valence-electron chi connectivity index (χ0n) is 23.4. The quantitative estimate of drug-likeness (QED) is 0.231. The Kier molecular flexibility index (Phi) is 7.20. The van der Waals surface area contributed by atoms with Crippen molar-refractivity contribution in [3.63, 3.8) is 0 Å². The monoisotopic (exact) mass is 540 g/mol. The molecule has 3 heterocycles. The van der Waals surface area contributed by atoms with E-state index >= 15 is 0 Å². The van der Waals surface area contributed by atoms with Crippen LogP contribution >= 0.6 is 0 Å². The summed E-state index contributed by atoms with van der Waals surface area (Å²) in [6.45, 7) is 1.41. The molecule has 1 saturated carbocycles. The van der Waals surface area contributed by atoms with Crippen molar-refractivity contribution in [2.75, 3.05) is 13.1 Å². The number of nitrogens with one attached hydrogen (secondary N) is 1. The lowest BCUT2D eigenvalue weighted by molar-refractivity contribution is 0.0936. The number of carbonyl (C=O) groups is 1. The molecule has 3 aromatic carbocycles. The van der Waals surface area contributed by atoms with Crippen LogP contribution in [0.5, 0.6) is 0 Å². The van der Waals surface area contributed by atoms with Crippen molar-refractivity contribution in [1.29, 1.82) is 0 Å². The molecule has 2 aliphatic heterocycles. The summed E-state index contributed by atoms with van der Waals surface area (Å²) in [5, 5.41) is 0. The van der Waals surface area contributed by atoms with Gasteiger partial charge in [-0.2, -0.15) is 0 Å². The van der Waals surface area contributed by atoms with Crippen molar-refractivity contribution >= 4 is 17.1 Å². The molecule has 0 spiro atoms. The van der Waals surface area contributed by atoms with Crippen LogP contribution in [0.25, 0.3) is 28.0 Å². The second kappa shape index (κ2) is 11.4. The number of likely N-dealkylation sites (tertiary alicyclic amines) is 1. The van der Waals surface area contributed by atoms with Gasteiger partial charge in [-0.05, 0) is 60.1 Å². The number of aromatic amines is 1. The number of allylic oxidation sites excluding steroid dienone is 1. The van der Waals surface area contributed by atoms with E-state index in [4.69, 9.17) is 4.99 Å². The summed E-state index contributed by atoms with van der Waals surface area (Å²) in [7, 11) is 0. The highest BCUT2D eigenvalue weighted by Gasteiger charge is 2.32. The van der Waals surface area contributed by atoms with Gasteiger partial charge in [-0.1, -0.05) is 91.7 Å². The first kappa shape index (κ1) is 25.8. The Morgan fingerprint density at radius 1 is 0.805 bits per heavy atom. The van der Waals surface area contributed by atoms with Crippen molar-refractivity contribution in [2.45, 2.75) is 56.9 Å². The summed E-state index contributed by atoms with van der Waals surface area (Å²) < 4.78 is 0. The molecule has 0 radical (unpaired) electrons. The molecule has 7 rings (SSSR count). The minimum absolute atomic E-state index is 0.186. The second-order valence-electron chi connectivity index (χ2n) is 11.7. The van der Waals surface area contributed by atoms with Crippen LogP contribution in [0.15, 0.2) is 96.3 Å². The van der Waals surface area contributed by atoms with Gasteiger partial charge in [0, 0.05) is 35.9 Å². The second-order valence-corrected chi connectivity index (χ2v) is 11.7. The molecule has 4 aromatic rings. The smallest absolute Gasteiger partial charge is 0.176 e. The number of Topliss-reactive ketones (excluding diaryl/α,β-unsaturated/α-hetero) is 1. The van der Waals surface area contributed by atoms with Gasteiger partial charge >= 0.3 is 0 Å². The Hall–Kier alpha value is -4.09. The first-order valence-corrected chi connectivity index (χ1v) is 15.1. The van der Waals surface area contributed by atoms with Crippen LogP contribution in [0.1, 0.15) is 72.6 Å². The highest BCUT2D eigenvalue weighted by atomic mass is 16.1. The van der Waals surface area contributed by atoms with Gasteiger partial charge in [0.15, 0.2) is 5.78 Å². The van der Waals surface area contributed by atoms with E-state index in [9.17, 15) is 4.79 Å². The predicted octanol–water partition coefficient (Wildman–Crippen LogP) is 7.93. The molecule has 1 atom stereocenters. The zero-order chi connectivity index (χ0) is 27.6. The first-order valence-electron chi connectivity index (χ1n) is 15.1.